The number of amides is 2. The molecule has 3 unspecified atom stereocenters. The molecule has 4 atom stereocenters. The monoisotopic (exact) mass is 495 g/mol. The minimum Gasteiger partial charge on any atom is -0.391 e. The second-order valence-electron chi connectivity index (χ2n) is 11.8. The SMILES string of the molecule is CC(C)(C)[C@@H](C(=O)N1CC(O)CC1C(=O)NCC(O)(c1ccccc1)C1CC1)n1cc(C2CC2)nn1. The lowest BCUT2D eigenvalue weighted by molar-refractivity contribution is -0.144. The first-order valence-corrected chi connectivity index (χ1v) is 13.0. The summed E-state index contributed by atoms with van der Waals surface area (Å²) in [6.07, 6.45) is 5.20. The highest BCUT2D eigenvalue weighted by atomic mass is 16.3. The van der Waals surface area contributed by atoms with Crippen molar-refractivity contribution in [2.45, 2.75) is 82.6 Å². The quantitative estimate of drug-likeness (QED) is 0.516. The Morgan fingerprint density at radius 3 is 2.44 bits per heavy atom. The smallest absolute Gasteiger partial charge is 0.248 e. The van der Waals surface area contributed by atoms with Crippen LogP contribution in [0.5, 0.6) is 0 Å². The zero-order valence-corrected chi connectivity index (χ0v) is 21.3. The number of aliphatic hydroxyl groups is 2. The summed E-state index contributed by atoms with van der Waals surface area (Å²) in [5.74, 6) is -0.117. The number of hydrogen-bond donors (Lipinski definition) is 3. The van der Waals surface area contributed by atoms with Crippen molar-refractivity contribution >= 4 is 11.8 Å². The van der Waals surface area contributed by atoms with Gasteiger partial charge in [-0.05, 0) is 42.6 Å². The summed E-state index contributed by atoms with van der Waals surface area (Å²) in [6, 6.07) is 7.93. The van der Waals surface area contributed by atoms with Crippen LogP contribution in [-0.2, 0) is 15.2 Å². The molecule has 3 fully saturated rings. The topological polar surface area (TPSA) is 121 Å². The molecule has 1 saturated heterocycles. The standard InChI is InChI=1S/C27H37N5O4/c1-26(2,3)23(32-15-21(29-30-32)17-9-10-17)25(35)31-14-20(33)13-22(31)24(34)28-16-27(36,19-11-12-19)18-7-5-4-6-8-18/h4-8,15,17,19-20,22-23,33,36H,9-14,16H2,1-3H3,(H,28,34)/t20?,22?,23-,27?/m1/s1. The molecule has 3 aliphatic rings. The van der Waals surface area contributed by atoms with Crippen molar-refractivity contribution in [3.8, 4) is 0 Å². The molecule has 9 heteroatoms. The van der Waals surface area contributed by atoms with Crippen molar-refractivity contribution < 1.29 is 19.8 Å². The van der Waals surface area contributed by atoms with E-state index in [1.54, 1.807) is 4.68 Å². The van der Waals surface area contributed by atoms with Gasteiger partial charge in [0.1, 0.15) is 17.7 Å². The van der Waals surface area contributed by atoms with Crippen LogP contribution in [0.25, 0.3) is 0 Å². The highest BCUT2D eigenvalue weighted by Gasteiger charge is 2.48. The Labute approximate surface area is 211 Å². The number of nitrogens with one attached hydrogen (secondary N) is 1. The van der Waals surface area contributed by atoms with Gasteiger partial charge in [-0.3, -0.25) is 9.59 Å². The fourth-order valence-electron chi connectivity index (χ4n) is 5.44. The number of hydrogen-bond acceptors (Lipinski definition) is 6. The molecule has 2 saturated carbocycles. The molecule has 1 aromatic heterocycles. The van der Waals surface area contributed by atoms with Gasteiger partial charge in [-0.15, -0.1) is 5.10 Å². The van der Waals surface area contributed by atoms with Crippen molar-refractivity contribution in [2.75, 3.05) is 13.1 Å². The van der Waals surface area contributed by atoms with Crippen LogP contribution in [0.3, 0.4) is 0 Å². The van der Waals surface area contributed by atoms with Gasteiger partial charge in [0, 0.05) is 25.1 Å². The lowest BCUT2D eigenvalue weighted by Gasteiger charge is -2.35. The maximum absolute atomic E-state index is 13.9. The predicted octanol–water partition coefficient (Wildman–Crippen LogP) is 2.12. The number of aromatic nitrogens is 3. The van der Waals surface area contributed by atoms with Crippen LogP contribution in [0, 0.1) is 11.3 Å². The van der Waals surface area contributed by atoms with Crippen LogP contribution >= 0.6 is 0 Å². The number of carbonyl (C=O) groups is 2. The number of likely N-dealkylation sites (tertiary alicyclic amines) is 1. The molecular weight excluding hydrogens is 458 g/mol. The molecule has 9 nitrogen and oxygen atoms in total. The zero-order valence-electron chi connectivity index (χ0n) is 21.3. The molecule has 36 heavy (non-hydrogen) atoms. The molecule has 194 valence electrons. The van der Waals surface area contributed by atoms with Gasteiger partial charge in [0.05, 0.1) is 18.3 Å². The number of benzene rings is 1. The van der Waals surface area contributed by atoms with Crippen LogP contribution in [0.1, 0.15) is 76.1 Å². The highest BCUT2D eigenvalue weighted by molar-refractivity contribution is 5.90. The summed E-state index contributed by atoms with van der Waals surface area (Å²) in [5.41, 5.74) is 0.0297. The minimum absolute atomic E-state index is 0.0612. The van der Waals surface area contributed by atoms with E-state index in [0.29, 0.717) is 5.92 Å². The number of nitrogens with zero attached hydrogens (tertiary/aromatic N) is 4. The van der Waals surface area contributed by atoms with Gasteiger partial charge in [0.15, 0.2) is 0 Å². The second kappa shape index (κ2) is 9.27. The highest BCUT2D eigenvalue weighted by Crippen LogP contribution is 2.45. The Bertz CT molecular complexity index is 1100. The molecule has 2 heterocycles. The largest absolute Gasteiger partial charge is 0.391 e. The Hall–Kier alpha value is -2.78. The first-order chi connectivity index (χ1) is 17.1. The summed E-state index contributed by atoms with van der Waals surface area (Å²) in [4.78, 5) is 28.7. The summed E-state index contributed by atoms with van der Waals surface area (Å²) >= 11 is 0. The number of carbonyl (C=O) groups excluding carboxylic acids is 2. The Morgan fingerprint density at radius 2 is 1.83 bits per heavy atom. The molecule has 2 aromatic rings. The molecule has 5 rings (SSSR count). The van der Waals surface area contributed by atoms with Gasteiger partial charge >= 0.3 is 0 Å². The van der Waals surface area contributed by atoms with Crippen molar-refractivity contribution in [3.63, 3.8) is 0 Å². The first-order valence-electron chi connectivity index (χ1n) is 13.0. The summed E-state index contributed by atoms with van der Waals surface area (Å²) < 4.78 is 1.62. The molecule has 0 radical (unpaired) electrons. The lowest BCUT2D eigenvalue weighted by Crippen LogP contribution is -2.52. The van der Waals surface area contributed by atoms with E-state index in [-0.39, 0.29) is 37.2 Å². The van der Waals surface area contributed by atoms with Gasteiger partial charge < -0.3 is 20.4 Å². The van der Waals surface area contributed by atoms with E-state index in [1.807, 2.05) is 57.3 Å². The van der Waals surface area contributed by atoms with Crippen LogP contribution in [-0.4, -0.2) is 67.2 Å². The van der Waals surface area contributed by atoms with E-state index in [2.05, 4.69) is 15.6 Å². The van der Waals surface area contributed by atoms with E-state index >= 15 is 0 Å². The van der Waals surface area contributed by atoms with E-state index in [9.17, 15) is 19.8 Å². The van der Waals surface area contributed by atoms with Crippen LogP contribution < -0.4 is 5.32 Å². The second-order valence-corrected chi connectivity index (χ2v) is 11.8. The fraction of sp³-hybridized carbons (Fsp3) is 0.630. The third kappa shape index (κ3) is 4.91. The normalized spacial score (nSPS) is 24.9. The molecular formula is C27H37N5O4. The fourth-order valence-corrected chi connectivity index (χ4v) is 5.44. The maximum atomic E-state index is 13.9. The van der Waals surface area contributed by atoms with E-state index in [4.69, 9.17) is 0 Å². The van der Waals surface area contributed by atoms with Crippen LogP contribution in [0.4, 0.5) is 0 Å². The maximum Gasteiger partial charge on any atom is 0.248 e. The third-order valence-corrected chi connectivity index (χ3v) is 7.77. The Balaban J connectivity index is 1.33. The van der Waals surface area contributed by atoms with E-state index in [1.165, 1.54) is 4.90 Å². The number of β-amino-alcohol motifs (C(OH)–C–C–N with tert-alkyl or cyclic N) is 1. The summed E-state index contributed by atoms with van der Waals surface area (Å²) in [6.45, 7) is 6.03. The lowest BCUT2D eigenvalue weighted by atomic mass is 9.85. The molecule has 0 spiro atoms. The van der Waals surface area contributed by atoms with Crippen molar-refractivity contribution in [2.24, 2.45) is 11.3 Å². The summed E-state index contributed by atoms with van der Waals surface area (Å²) in [7, 11) is 0. The van der Waals surface area contributed by atoms with Gasteiger partial charge in [0.2, 0.25) is 11.8 Å². The van der Waals surface area contributed by atoms with Gasteiger partial charge in [-0.2, -0.15) is 0 Å². The molecule has 2 aliphatic carbocycles. The van der Waals surface area contributed by atoms with Crippen molar-refractivity contribution in [3.05, 3.63) is 47.8 Å². The average Bonchev–Trinajstić information content (AvgIpc) is 3.78. The van der Waals surface area contributed by atoms with Crippen LogP contribution in [0.2, 0.25) is 0 Å². The van der Waals surface area contributed by atoms with Crippen LogP contribution in [0.15, 0.2) is 36.5 Å². The minimum atomic E-state index is -1.16. The Kier molecular flexibility index (Phi) is 6.41. The molecule has 1 aliphatic heterocycles. The van der Waals surface area contributed by atoms with Gasteiger partial charge in [-0.25, -0.2) is 4.68 Å². The molecule has 1 aromatic carbocycles. The molecule has 2 amide bonds. The molecule has 3 N–H and O–H groups in total. The Morgan fingerprint density at radius 1 is 1.14 bits per heavy atom. The number of rotatable bonds is 8. The van der Waals surface area contributed by atoms with Crippen molar-refractivity contribution in [1.82, 2.24) is 25.2 Å². The van der Waals surface area contributed by atoms with E-state index in [0.717, 1.165) is 36.9 Å². The third-order valence-electron chi connectivity index (χ3n) is 7.77. The molecule has 0 bridgehead atoms. The van der Waals surface area contributed by atoms with Gasteiger partial charge in [-0.1, -0.05) is 56.3 Å². The van der Waals surface area contributed by atoms with E-state index < -0.39 is 29.2 Å². The zero-order chi connectivity index (χ0) is 25.7. The first kappa shape index (κ1) is 24.9. The average molecular weight is 496 g/mol. The number of aliphatic hydroxyl groups excluding tert-OH is 1. The summed E-state index contributed by atoms with van der Waals surface area (Å²) in [5, 5.41) is 33.4. The van der Waals surface area contributed by atoms with Gasteiger partial charge in [0.25, 0.3) is 0 Å². The van der Waals surface area contributed by atoms with Crippen molar-refractivity contribution in [1.29, 1.82) is 0 Å². The predicted molar refractivity (Wildman–Crippen MR) is 133 cm³/mol.